The summed E-state index contributed by atoms with van der Waals surface area (Å²) in [5.41, 5.74) is 0. The highest BCUT2D eigenvalue weighted by atomic mass is 16.7. The standard InChI is InChI=1S/C8H19NO2/c1-6-7-8(10-4,11-5)9(2)3/h6-7H2,1-5H3. The van der Waals surface area contributed by atoms with Crippen LogP contribution in [-0.2, 0) is 9.47 Å². The van der Waals surface area contributed by atoms with Crippen LogP contribution in [0.25, 0.3) is 0 Å². The quantitative estimate of drug-likeness (QED) is 0.567. The van der Waals surface area contributed by atoms with Crippen LogP contribution < -0.4 is 0 Å². The van der Waals surface area contributed by atoms with E-state index in [9.17, 15) is 0 Å². The number of hydrogen-bond donors (Lipinski definition) is 0. The Bertz CT molecular complexity index is 100. The lowest BCUT2D eigenvalue weighted by Crippen LogP contribution is -2.47. The Morgan fingerprint density at radius 2 is 1.64 bits per heavy atom. The monoisotopic (exact) mass is 161 g/mol. The lowest BCUT2D eigenvalue weighted by Gasteiger charge is -2.36. The van der Waals surface area contributed by atoms with E-state index >= 15 is 0 Å². The van der Waals surface area contributed by atoms with Gasteiger partial charge in [0.1, 0.15) is 0 Å². The van der Waals surface area contributed by atoms with E-state index in [1.807, 2.05) is 19.0 Å². The summed E-state index contributed by atoms with van der Waals surface area (Å²) in [4.78, 5) is 1.94. The van der Waals surface area contributed by atoms with E-state index in [0.717, 1.165) is 12.8 Å². The third-order valence-corrected chi connectivity index (χ3v) is 1.89. The first-order valence-electron chi connectivity index (χ1n) is 3.90. The van der Waals surface area contributed by atoms with Crippen molar-refractivity contribution in [3.8, 4) is 0 Å². The van der Waals surface area contributed by atoms with Crippen LogP contribution in [0.5, 0.6) is 0 Å². The first-order valence-corrected chi connectivity index (χ1v) is 3.90. The summed E-state index contributed by atoms with van der Waals surface area (Å²) in [5.74, 6) is -0.533. The summed E-state index contributed by atoms with van der Waals surface area (Å²) >= 11 is 0. The molecule has 0 amide bonds. The molecule has 0 heterocycles. The molecule has 0 aromatic rings. The molecule has 0 unspecified atom stereocenters. The molecule has 0 aliphatic heterocycles. The number of nitrogens with zero attached hydrogens (tertiary/aromatic N) is 1. The molecule has 3 heteroatoms. The summed E-state index contributed by atoms with van der Waals surface area (Å²) in [5, 5.41) is 0. The zero-order chi connectivity index (χ0) is 8.91. The maximum Gasteiger partial charge on any atom is 0.228 e. The van der Waals surface area contributed by atoms with E-state index in [1.54, 1.807) is 14.2 Å². The highest BCUT2D eigenvalue weighted by Crippen LogP contribution is 2.20. The van der Waals surface area contributed by atoms with Crippen molar-refractivity contribution < 1.29 is 9.47 Å². The highest BCUT2D eigenvalue weighted by molar-refractivity contribution is 4.64. The van der Waals surface area contributed by atoms with Gasteiger partial charge < -0.3 is 9.47 Å². The lowest BCUT2D eigenvalue weighted by molar-refractivity contribution is -0.286. The average Bonchev–Trinajstić information content (AvgIpc) is 2.00. The van der Waals surface area contributed by atoms with E-state index in [1.165, 1.54) is 0 Å². The third-order valence-electron chi connectivity index (χ3n) is 1.89. The smallest absolute Gasteiger partial charge is 0.228 e. The van der Waals surface area contributed by atoms with Crippen LogP contribution in [0.15, 0.2) is 0 Å². The number of ether oxygens (including phenoxy) is 2. The van der Waals surface area contributed by atoms with Crippen LogP contribution in [0.2, 0.25) is 0 Å². The minimum Gasteiger partial charge on any atom is -0.341 e. The fourth-order valence-electron chi connectivity index (χ4n) is 1.19. The molecule has 0 spiro atoms. The van der Waals surface area contributed by atoms with Gasteiger partial charge in [-0.2, -0.15) is 0 Å². The Labute approximate surface area is 69.3 Å². The Morgan fingerprint density at radius 1 is 1.18 bits per heavy atom. The summed E-state index contributed by atoms with van der Waals surface area (Å²) in [7, 11) is 7.23. The van der Waals surface area contributed by atoms with Gasteiger partial charge in [0.05, 0.1) is 0 Å². The second-order valence-corrected chi connectivity index (χ2v) is 2.77. The molecule has 0 bridgehead atoms. The lowest BCUT2D eigenvalue weighted by atomic mass is 10.2. The molecular formula is C8H19NO2. The fourth-order valence-corrected chi connectivity index (χ4v) is 1.19. The Hall–Kier alpha value is -0.120. The largest absolute Gasteiger partial charge is 0.341 e. The molecule has 0 atom stereocenters. The first-order chi connectivity index (χ1) is 5.13. The Balaban J connectivity index is 4.20. The van der Waals surface area contributed by atoms with Crippen LogP contribution in [0.3, 0.4) is 0 Å². The van der Waals surface area contributed by atoms with Crippen LogP contribution in [0.4, 0.5) is 0 Å². The van der Waals surface area contributed by atoms with E-state index in [-0.39, 0.29) is 0 Å². The van der Waals surface area contributed by atoms with E-state index in [2.05, 4.69) is 6.92 Å². The number of methoxy groups -OCH3 is 2. The summed E-state index contributed by atoms with van der Waals surface area (Å²) in [6.45, 7) is 2.11. The molecule has 0 aliphatic carbocycles. The zero-order valence-corrected chi connectivity index (χ0v) is 8.18. The molecule has 0 radical (unpaired) electrons. The van der Waals surface area contributed by atoms with Crippen molar-refractivity contribution in [2.75, 3.05) is 28.3 Å². The predicted molar refractivity (Wildman–Crippen MR) is 45.3 cm³/mol. The maximum atomic E-state index is 5.29. The van der Waals surface area contributed by atoms with Crippen molar-refractivity contribution in [3.63, 3.8) is 0 Å². The SMILES string of the molecule is CCCC(OC)(OC)N(C)C. The molecule has 0 saturated heterocycles. The summed E-state index contributed by atoms with van der Waals surface area (Å²) in [6.07, 6.45) is 1.92. The van der Waals surface area contributed by atoms with Crippen LogP contribution in [0, 0.1) is 0 Å². The average molecular weight is 161 g/mol. The van der Waals surface area contributed by atoms with Gasteiger partial charge in [-0.25, -0.2) is 0 Å². The molecule has 0 saturated carbocycles. The van der Waals surface area contributed by atoms with E-state index in [0.29, 0.717) is 0 Å². The zero-order valence-electron chi connectivity index (χ0n) is 8.18. The van der Waals surface area contributed by atoms with E-state index in [4.69, 9.17) is 9.47 Å². The van der Waals surface area contributed by atoms with E-state index < -0.39 is 5.91 Å². The van der Waals surface area contributed by atoms with Gasteiger partial charge in [-0.15, -0.1) is 0 Å². The second-order valence-electron chi connectivity index (χ2n) is 2.77. The molecule has 11 heavy (non-hydrogen) atoms. The fraction of sp³-hybridized carbons (Fsp3) is 1.00. The van der Waals surface area contributed by atoms with Crippen molar-refractivity contribution in [3.05, 3.63) is 0 Å². The van der Waals surface area contributed by atoms with Crippen LogP contribution in [-0.4, -0.2) is 39.1 Å². The molecule has 0 aromatic heterocycles. The van der Waals surface area contributed by atoms with Crippen molar-refractivity contribution >= 4 is 0 Å². The minimum atomic E-state index is -0.533. The number of rotatable bonds is 5. The van der Waals surface area contributed by atoms with Crippen molar-refractivity contribution in [2.24, 2.45) is 0 Å². The highest BCUT2D eigenvalue weighted by Gasteiger charge is 2.30. The third kappa shape index (κ3) is 2.43. The van der Waals surface area contributed by atoms with Gasteiger partial charge >= 0.3 is 0 Å². The topological polar surface area (TPSA) is 21.7 Å². The molecule has 0 aliphatic rings. The van der Waals surface area contributed by atoms with Crippen LogP contribution in [0.1, 0.15) is 19.8 Å². The second kappa shape index (κ2) is 4.70. The summed E-state index contributed by atoms with van der Waals surface area (Å²) < 4.78 is 10.6. The summed E-state index contributed by atoms with van der Waals surface area (Å²) in [6, 6.07) is 0. The normalized spacial score (nSPS) is 12.5. The van der Waals surface area contributed by atoms with Gasteiger partial charge in [-0.05, 0) is 20.5 Å². The molecule has 0 aromatic carbocycles. The van der Waals surface area contributed by atoms with Crippen LogP contribution >= 0.6 is 0 Å². The van der Waals surface area contributed by atoms with Gasteiger partial charge in [-0.3, -0.25) is 4.90 Å². The van der Waals surface area contributed by atoms with Crippen molar-refractivity contribution in [2.45, 2.75) is 25.7 Å². The van der Waals surface area contributed by atoms with Gasteiger partial charge in [0.25, 0.3) is 0 Å². The molecule has 0 N–H and O–H groups in total. The van der Waals surface area contributed by atoms with Gasteiger partial charge in [0.2, 0.25) is 5.91 Å². The van der Waals surface area contributed by atoms with Gasteiger partial charge in [0.15, 0.2) is 0 Å². The number of hydrogen-bond acceptors (Lipinski definition) is 3. The molecule has 0 rings (SSSR count). The van der Waals surface area contributed by atoms with Gasteiger partial charge in [-0.1, -0.05) is 6.92 Å². The van der Waals surface area contributed by atoms with Crippen molar-refractivity contribution in [1.29, 1.82) is 0 Å². The molecule has 68 valence electrons. The maximum absolute atomic E-state index is 5.29. The Morgan fingerprint density at radius 3 is 1.73 bits per heavy atom. The Kier molecular flexibility index (Phi) is 4.65. The first kappa shape index (κ1) is 10.9. The molecule has 3 nitrogen and oxygen atoms in total. The van der Waals surface area contributed by atoms with Gasteiger partial charge in [0, 0.05) is 20.6 Å². The molecule has 0 fully saturated rings. The predicted octanol–water partition coefficient (Wildman–Crippen LogP) is 1.29. The minimum absolute atomic E-state index is 0.533. The molecular weight excluding hydrogens is 142 g/mol. The van der Waals surface area contributed by atoms with Crippen molar-refractivity contribution in [1.82, 2.24) is 4.90 Å².